The first kappa shape index (κ1) is 24.5. The second-order valence-electron chi connectivity index (χ2n) is 7.26. The van der Waals surface area contributed by atoms with E-state index >= 15 is 0 Å². The van der Waals surface area contributed by atoms with E-state index in [1.54, 1.807) is 12.1 Å². The molecule has 0 fully saturated rings. The van der Waals surface area contributed by atoms with E-state index < -0.39 is 16.9 Å². The third-order valence-corrected chi connectivity index (χ3v) is 5.13. The van der Waals surface area contributed by atoms with Crippen molar-refractivity contribution in [3.8, 4) is 17.2 Å². The molecule has 0 spiro atoms. The number of amides is 1. The van der Waals surface area contributed by atoms with Gasteiger partial charge in [0.05, 0.1) is 19.1 Å². The van der Waals surface area contributed by atoms with Crippen LogP contribution in [-0.2, 0) is 11.3 Å². The molecule has 9 nitrogen and oxygen atoms in total. The molecule has 0 heterocycles. The van der Waals surface area contributed by atoms with Crippen molar-refractivity contribution in [1.29, 1.82) is 0 Å². The molecule has 34 heavy (non-hydrogen) atoms. The van der Waals surface area contributed by atoms with Crippen molar-refractivity contribution in [2.24, 2.45) is 0 Å². The minimum atomic E-state index is -0.605. The summed E-state index contributed by atoms with van der Waals surface area (Å²) < 4.78 is 22.6. The molecule has 1 atom stereocenters. The quantitative estimate of drug-likeness (QED) is 0.331. The van der Waals surface area contributed by atoms with Gasteiger partial charge in [-0.3, -0.25) is 14.9 Å². The maximum atomic E-state index is 12.6. The van der Waals surface area contributed by atoms with Crippen molar-refractivity contribution in [3.63, 3.8) is 0 Å². The molecule has 1 unspecified atom stereocenters. The Morgan fingerprint density at radius 3 is 2.41 bits per heavy atom. The van der Waals surface area contributed by atoms with E-state index in [4.69, 9.17) is 18.9 Å². The summed E-state index contributed by atoms with van der Waals surface area (Å²) in [6.45, 7) is 0.441. The minimum absolute atomic E-state index is 0.0830. The van der Waals surface area contributed by atoms with Gasteiger partial charge in [-0.15, -0.1) is 0 Å². The molecule has 0 saturated carbocycles. The smallest absolute Gasteiger partial charge is 0.270 e. The number of rotatable bonds is 11. The summed E-state index contributed by atoms with van der Waals surface area (Å²) in [5.41, 5.74) is 1.64. The van der Waals surface area contributed by atoms with E-state index in [-0.39, 0.29) is 17.8 Å². The molecule has 0 saturated heterocycles. The first-order valence-electron chi connectivity index (χ1n) is 10.4. The van der Waals surface area contributed by atoms with Gasteiger partial charge in [-0.05, 0) is 17.7 Å². The second kappa shape index (κ2) is 11.7. The normalized spacial score (nSPS) is 11.4. The summed E-state index contributed by atoms with van der Waals surface area (Å²) in [5, 5.41) is 13.8. The molecule has 178 valence electrons. The summed E-state index contributed by atoms with van der Waals surface area (Å²) in [5.74, 6) is 0.984. The molecule has 9 heteroatoms. The number of nitrogens with one attached hydrogen (secondary N) is 1. The summed E-state index contributed by atoms with van der Waals surface area (Å²) in [6, 6.07) is 18.7. The number of nitro benzene ring substituents is 1. The van der Waals surface area contributed by atoms with Crippen molar-refractivity contribution in [1.82, 2.24) is 5.32 Å². The van der Waals surface area contributed by atoms with Gasteiger partial charge in [0, 0.05) is 43.0 Å². The summed E-state index contributed by atoms with van der Waals surface area (Å²) in [4.78, 5) is 23.1. The molecule has 0 radical (unpaired) electrons. The summed E-state index contributed by atoms with van der Waals surface area (Å²) in [6.07, 6.45) is -0.605. The molecular weight excluding hydrogens is 440 g/mol. The largest absolute Gasteiger partial charge is 0.493 e. The Bertz CT molecular complexity index is 1140. The number of ether oxygens (including phenoxy) is 4. The Hall–Kier alpha value is -4.11. The van der Waals surface area contributed by atoms with Crippen molar-refractivity contribution in [2.45, 2.75) is 12.7 Å². The van der Waals surface area contributed by atoms with Crippen LogP contribution >= 0.6 is 0 Å². The minimum Gasteiger partial charge on any atom is -0.493 e. The molecule has 0 aliphatic heterocycles. The van der Waals surface area contributed by atoms with Crippen LogP contribution in [0.25, 0.3) is 0 Å². The zero-order valence-electron chi connectivity index (χ0n) is 19.1. The number of methoxy groups -OCH3 is 3. The van der Waals surface area contributed by atoms with E-state index in [2.05, 4.69) is 5.32 Å². The maximum absolute atomic E-state index is 12.6. The van der Waals surface area contributed by atoms with Crippen molar-refractivity contribution in [3.05, 3.63) is 93.5 Å². The van der Waals surface area contributed by atoms with Crippen LogP contribution in [0.4, 0.5) is 5.69 Å². The van der Waals surface area contributed by atoms with Crippen LogP contribution in [0.2, 0.25) is 0 Å². The number of hydrogen-bond donors (Lipinski definition) is 1. The van der Waals surface area contributed by atoms with Gasteiger partial charge in [-0.1, -0.05) is 36.4 Å². The highest BCUT2D eigenvalue weighted by molar-refractivity contribution is 5.94. The Labute approximate surface area is 197 Å². The highest BCUT2D eigenvalue weighted by atomic mass is 16.6. The van der Waals surface area contributed by atoms with Crippen molar-refractivity contribution in [2.75, 3.05) is 27.9 Å². The first-order valence-corrected chi connectivity index (χ1v) is 10.4. The molecule has 3 aromatic rings. The lowest BCUT2D eigenvalue weighted by Crippen LogP contribution is -2.29. The fourth-order valence-electron chi connectivity index (χ4n) is 3.40. The standard InChI is InChI=1S/C25H26N2O7/c1-31-22-14-20(34-16-17-8-5-4-6-9-17)13-21(24(22)33-3)23(32-2)15-26-25(28)18-10-7-11-19(12-18)27(29)30/h4-14,23H,15-16H2,1-3H3,(H,26,28). The van der Waals surface area contributed by atoms with E-state index in [1.807, 2.05) is 30.3 Å². The van der Waals surface area contributed by atoms with Crippen LogP contribution in [0, 0.1) is 10.1 Å². The number of carbonyl (C=O) groups is 1. The van der Waals surface area contributed by atoms with Gasteiger partial charge >= 0.3 is 0 Å². The van der Waals surface area contributed by atoms with Crippen LogP contribution in [-0.4, -0.2) is 38.7 Å². The van der Waals surface area contributed by atoms with Gasteiger partial charge < -0.3 is 24.3 Å². The van der Waals surface area contributed by atoms with Crippen LogP contribution in [0.1, 0.15) is 27.6 Å². The topological polar surface area (TPSA) is 109 Å². The number of benzene rings is 3. The number of non-ortho nitro benzene ring substituents is 1. The molecule has 0 aliphatic carbocycles. The van der Waals surface area contributed by atoms with E-state index in [9.17, 15) is 14.9 Å². The monoisotopic (exact) mass is 466 g/mol. The molecule has 1 amide bonds. The summed E-state index contributed by atoms with van der Waals surface area (Å²) >= 11 is 0. The van der Waals surface area contributed by atoms with Gasteiger partial charge in [-0.2, -0.15) is 0 Å². The lowest BCUT2D eigenvalue weighted by Gasteiger charge is -2.22. The average molecular weight is 466 g/mol. The highest BCUT2D eigenvalue weighted by Gasteiger charge is 2.22. The SMILES string of the molecule is COc1cc(OCc2ccccc2)cc(C(CNC(=O)c2cccc([N+](=O)[O-])c2)OC)c1OC. The molecular formula is C25H26N2O7. The molecule has 0 aromatic heterocycles. The fourth-order valence-corrected chi connectivity index (χ4v) is 3.40. The Balaban J connectivity index is 1.80. The lowest BCUT2D eigenvalue weighted by molar-refractivity contribution is -0.384. The molecule has 1 N–H and O–H groups in total. The zero-order chi connectivity index (χ0) is 24.5. The van der Waals surface area contributed by atoms with Crippen molar-refractivity contribution >= 4 is 11.6 Å². The lowest BCUT2D eigenvalue weighted by atomic mass is 10.1. The Morgan fingerprint density at radius 1 is 1.00 bits per heavy atom. The summed E-state index contributed by atoms with van der Waals surface area (Å²) in [7, 11) is 4.54. The van der Waals surface area contributed by atoms with Crippen molar-refractivity contribution < 1.29 is 28.7 Å². The van der Waals surface area contributed by atoms with Crippen LogP contribution in [0.15, 0.2) is 66.7 Å². The maximum Gasteiger partial charge on any atom is 0.270 e. The zero-order valence-corrected chi connectivity index (χ0v) is 19.1. The third kappa shape index (κ3) is 6.02. The predicted octanol–water partition coefficient (Wildman–Crippen LogP) is 4.31. The average Bonchev–Trinajstić information content (AvgIpc) is 2.87. The first-order chi connectivity index (χ1) is 16.5. The van der Waals surface area contributed by atoms with E-state index in [0.717, 1.165) is 5.56 Å². The fraction of sp³-hybridized carbons (Fsp3) is 0.240. The van der Waals surface area contributed by atoms with E-state index in [0.29, 0.717) is 29.4 Å². The molecule has 0 bridgehead atoms. The van der Waals surface area contributed by atoms with Gasteiger partial charge in [-0.25, -0.2) is 0 Å². The van der Waals surface area contributed by atoms with E-state index in [1.165, 1.54) is 45.6 Å². The molecule has 3 aromatic carbocycles. The van der Waals surface area contributed by atoms with Gasteiger partial charge in [0.15, 0.2) is 11.5 Å². The van der Waals surface area contributed by atoms with Gasteiger partial charge in [0.25, 0.3) is 11.6 Å². The van der Waals surface area contributed by atoms with Crippen LogP contribution < -0.4 is 19.5 Å². The number of carbonyl (C=O) groups excluding carboxylic acids is 1. The van der Waals surface area contributed by atoms with Crippen LogP contribution in [0.5, 0.6) is 17.2 Å². The second-order valence-corrected chi connectivity index (χ2v) is 7.26. The number of nitro groups is 1. The Morgan fingerprint density at radius 2 is 1.76 bits per heavy atom. The van der Waals surface area contributed by atoms with Crippen LogP contribution in [0.3, 0.4) is 0 Å². The molecule has 0 aliphatic rings. The van der Waals surface area contributed by atoms with Gasteiger partial charge in [0.2, 0.25) is 0 Å². The highest BCUT2D eigenvalue weighted by Crippen LogP contribution is 2.40. The number of nitrogens with zero attached hydrogens (tertiary/aromatic N) is 1. The molecule has 3 rings (SSSR count). The number of hydrogen-bond acceptors (Lipinski definition) is 7. The van der Waals surface area contributed by atoms with Gasteiger partial charge in [0.1, 0.15) is 18.5 Å². The Kier molecular flexibility index (Phi) is 8.42. The third-order valence-electron chi connectivity index (χ3n) is 5.13. The predicted molar refractivity (Wildman–Crippen MR) is 125 cm³/mol.